The first-order valence-electron chi connectivity index (χ1n) is 7.48. The summed E-state index contributed by atoms with van der Waals surface area (Å²) in [6, 6.07) is 10.3. The standard InChI is InChI=1S/C17H28N2/c1-12-10-15(11-13(2)18-12)14-6-8-16(9-7-14)19-17(3,4)5/h6-9,12-13,15,18-19H,10-11H2,1-5H3/t12-,13+,15?. The summed E-state index contributed by atoms with van der Waals surface area (Å²) in [5.41, 5.74) is 2.82. The second-order valence-corrected chi connectivity index (χ2v) is 7.13. The van der Waals surface area contributed by atoms with Gasteiger partial charge in [0, 0.05) is 23.3 Å². The van der Waals surface area contributed by atoms with Crippen molar-refractivity contribution in [2.24, 2.45) is 0 Å². The summed E-state index contributed by atoms with van der Waals surface area (Å²) in [4.78, 5) is 0. The number of benzene rings is 1. The third-order valence-corrected chi connectivity index (χ3v) is 3.75. The van der Waals surface area contributed by atoms with E-state index in [1.807, 2.05) is 0 Å². The molecule has 1 aromatic rings. The Morgan fingerprint density at radius 1 is 1.00 bits per heavy atom. The van der Waals surface area contributed by atoms with Gasteiger partial charge in [-0.15, -0.1) is 0 Å². The van der Waals surface area contributed by atoms with Gasteiger partial charge >= 0.3 is 0 Å². The quantitative estimate of drug-likeness (QED) is 0.835. The molecule has 1 saturated heterocycles. The second-order valence-electron chi connectivity index (χ2n) is 7.13. The van der Waals surface area contributed by atoms with Crippen LogP contribution in [0.3, 0.4) is 0 Å². The van der Waals surface area contributed by atoms with E-state index in [1.165, 1.54) is 24.1 Å². The van der Waals surface area contributed by atoms with E-state index in [0.717, 1.165) is 0 Å². The molecule has 0 aromatic heterocycles. The minimum Gasteiger partial charge on any atom is -0.380 e. The molecule has 2 heteroatoms. The van der Waals surface area contributed by atoms with Crippen LogP contribution in [0.15, 0.2) is 24.3 Å². The lowest BCUT2D eigenvalue weighted by Crippen LogP contribution is -2.41. The number of piperidine rings is 1. The van der Waals surface area contributed by atoms with Crippen molar-refractivity contribution >= 4 is 5.69 Å². The summed E-state index contributed by atoms with van der Waals surface area (Å²) >= 11 is 0. The number of hydrogen-bond donors (Lipinski definition) is 2. The fourth-order valence-corrected chi connectivity index (χ4v) is 3.12. The zero-order valence-corrected chi connectivity index (χ0v) is 13.0. The maximum absolute atomic E-state index is 3.61. The van der Waals surface area contributed by atoms with E-state index < -0.39 is 0 Å². The molecule has 19 heavy (non-hydrogen) atoms. The van der Waals surface area contributed by atoms with Crippen LogP contribution in [0, 0.1) is 0 Å². The molecule has 2 rings (SSSR count). The molecule has 0 spiro atoms. The largest absolute Gasteiger partial charge is 0.380 e. The fourth-order valence-electron chi connectivity index (χ4n) is 3.12. The highest BCUT2D eigenvalue weighted by Crippen LogP contribution is 2.31. The van der Waals surface area contributed by atoms with Crippen LogP contribution in [-0.2, 0) is 0 Å². The molecule has 106 valence electrons. The highest BCUT2D eigenvalue weighted by atomic mass is 15.0. The molecule has 0 radical (unpaired) electrons. The predicted octanol–water partition coefficient (Wildman–Crippen LogP) is 4.14. The van der Waals surface area contributed by atoms with Crippen LogP contribution in [-0.4, -0.2) is 17.6 Å². The molecule has 0 amide bonds. The summed E-state index contributed by atoms with van der Waals surface area (Å²) in [5.74, 6) is 0.704. The molecule has 2 N–H and O–H groups in total. The van der Waals surface area contributed by atoms with Crippen LogP contribution in [0.5, 0.6) is 0 Å². The van der Waals surface area contributed by atoms with E-state index in [4.69, 9.17) is 0 Å². The van der Waals surface area contributed by atoms with Crippen LogP contribution >= 0.6 is 0 Å². The maximum Gasteiger partial charge on any atom is 0.0344 e. The van der Waals surface area contributed by atoms with Crippen molar-refractivity contribution in [1.29, 1.82) is 0 Å². The van der Waals surface area contributed by atoms with E-state index in [9.17, 15) is 0 Å². The molecule has 2 nitrogen and oxygen atoms in total. The Morgan fingerprint density at radius 3 is 2.00 bits per heavy atom. The summed E-state index contributed by atoms with van der Waals surface area (Å²) in [7, 11) is 0. The molecule has 3 atom stereocenters. The fraction of sp³-hybridized carbons (Fsp3) is 0.647. The average Bonchev–Trinajstić information content (AvgIpc) is 2.26. The van der Waals surface area contributed by atoms with E-state index in [2.05, 4.69) is 69.5 Å². The maximum atomic E-state index is 3.61. The molecule has 0 bridgehead atoms. The third kappa shape index (κ3) is 4.24. The predicted molar refractivity (Wildman–Crippen MR) is 83.9 cm³/mol. The van der Waals surface area contributed by atoms with Crippen LogP contribution in [0.2, 0.25) is 0 Å². The highest BCUT2D eigenvalue weighted by molar-refractivity contribution is 5.47. The number of rotatable bonds is 2. The van der Waals surface area contributed by atoms with Gasteiger partial charge in [-0.1, -0.05) is 12.1 Å². The van der Waals surface area contributed by atoms with Gasteiger partial charge in [-0.3, -0.25) is 0 Å². The number of nitrogens with one attached hydrogen (secondary N) is 2. The summed E-state index contributed by atoms with van der Waals surface area (Å²) < 4.78 is 0. The SMILES string of the molecule is C[C@@H]1CC(c2ccc(NC(C)(C)C)cc2)C[C@H](C)N1. The van der Waals surface area contributed by atoms with Gasteiger partial charge in [0.2, 0.25) is 0 Å². The molecule has 1 fully saturated rings. The molecule has 1 aromatic carbocycles. The van der Waals surface area contributed by atoms with Crippen LogP contribution in [0.25, 0.3) is 0 Å². The van der Waals surface area contributed by atoms with Crippen molar-refractivity contribution in [3.63, 3.8) is 0 Å². The number of anilines is 1. The molecular weight excluding hydrogens is 232 g/mol. The Hall–Kier alpha value is -1.02. The topological polar surface area (TPSA) is 24.1 Å². The van der Waals surface area contributed by atoms with Gasteiger partial charge in [-0.05, 0) is 71.1 Å². The summed E-state index contributed by atoms with van der Waals surface area (Å²) in [5, 5.41) is 7.13. The highest BCUT2D eigenvalue weighted by Gasteiger charge is 2.24. The van der Waals surface area contributed by atoms with Gasteiger partial charge in [0.05, 0.1) is 0 Å². The lowest BCUT2D eigenvalue weighted by molar-refractivity contribution is 0.317. The first-order valence-corrected chi connectivity index (χ1v) is 7.48. The van der Waals surface area contributed by atoms with Crippen molar-refractivity contribution in [2.45, 2.75) is 71.0 Å². The minimum atomic E-state index is 0.124. The molecular formula is C17H28N2. The van der Waals surface area contributed by atoms with Gasteiger partial charge in [0.15, 0.2) is 0 Å². The second kappa shape index (κ2) is 5.54. The third-order valence-electron chi connectivity index (χ3n) is 3.75. The monoisotopic (exact) mass is 260 g/mol. The van der Waals surface area contributed by atoms with Gasteiger partial charge in [0.1, 0.15) is 0 Å². The van der Waals surface area contributed by atoms with Crippen molar-refractivity contribution in [1.82, 2.24) is 5.32 Å². The van der Waals surface area contributed by atoms with E-state index >= 15 is 0 Å². The summed E-state index contributed by atoms with van der Waals surface area (Å²) in [6.45, 7) is 11.2. The molecule has 0 aliphatic carbocycles. The van der Waals surface area contributed by atoms with E-state index in [-0.39, 0.29) is 5.54 Å². The van der Waals surface area contributed by atoms with Crippen LogP contribution in [0.1, 0.15) is 58.9 Å². The molecule has 0 saturated carbocycles. The van der Waals surface area contributed by atoms with Crippen LogP contribution in [0.4, 0.5) is 5.69 Å². The smallest absolute Gasteiger partial charge is 0.0344 e. The van der Waals surface area contributed by atoms with E-state index in [0.29, 0.717) is 18.0 Å². The molecule has 1 aliphatic rings. The van der Waals surface area contributed by atoms with Gasteiger partial charge < -0.3 is 10.6 Å². The van der Waals surface area contributed by atoms with Gasteiger partial charge in [-0.25, -0.2) is 0 Å². The Bertz CT molecular complexity index is 392. The Morgan fingerprint density at radius 2 is 1.53 bits per heavy atom. The molecule has 1 unspecified atom stereocenters. The lowest BCUT2D eigenvalue weighted by Gasteiger charge is -2.33. The van der Waals surface area contributed by atoms with Crippen molar-refractivity contribution in [3.05, 3.63) is 29.8 Å². The van der Waals surface area contributed by atoms with Crippen LogP contribution < -0.4 is 10.6 Å². The van der Waals surface area contributed by atoms with Gasteiger partial charge in [0.25, 0.3) is 0 Å². The Labute approximate surface area is 118 Å². The summed E-state index contributed by atoms with van der Waals surface area (Å²) in [6.07, 6.45) is 2.49. The zero-order valence-electron chi connectivity index (χ0n) is 13.0. The van der Waals surface area contributed by atoms with Crippen molar-refractivity contribution in [2.75, 3.05) is 5.32 Å². The van der Waals surface area contributed by atoms with E-state index in [1.54, 1.807) is 0 Å². The molecule has 1 heterocycles. The first-order chi connectivity index (χ1) is 8.83. The minimum absolute atomic E-state index is 0.124. The Balaban J connectivity index is 2.05. The average molecular weight is 260 g/mol. The first kappa shape index (κ1) is 14.4. The Kier molecular flexibility index (Phi) is 4.19. The molecule has 1 aliphatic heterocycles. The van der Waals surface area contributed by atoms with Crippen molar-refractivity contribution < 1.29 is 0 Å². The van der Waals surface area contributed by atoms with Crippen molar-refractivity contribution in [3.8, 4) is 0 Å². The zero-order chi connectivity index (χ0) is 14.0. The van der Waals surface area contributed by atoms with Gasteiger partial charge in [-0.2, -0.15) is 0 Å². The number of hydrogen-bond acceptors (Lipinski definition) is 2. The normalized spacial score (nSPS) is 28.2. The lowest BCUT2D eigenvalue weighted by atomic mass is 9.84.